The van der Waals surface area contributed by atoms with Crippen molar-refractivity contribution in [3.8, 4) is 5.75 Å². The third kappa shape index (κ3) is 7.31. The molecule has 10 nitrogen and oxygen atoms in total. The molecule has 3 heterocycles. The Balaban J connectivity index is 1.28. The van der Waals surface area contributed by atoms with Crippen LogP contribution in [0.3, 0.4) is 0 Å². The summed E-state index contributed by atoms with van der Waals surface area (Å²) in [7, 11) is 0.117. The fraction of sp³-hybridized carbons (Fsp3) is 0.537. The van der Waals surface area contributed by atoms with Gasteiger partial charge in [-0.2, -0.15) is 5.10 Å². The van der Waals surface area contributed by atoms with E-state index in [2.05, 4.69) is 56.4 Å². The van der Waals surface area contributed by atoms with Crippen LogP contribution >= 0.6 is 0 Å². The summed E-state index contributed by atoms with van der Waals surface area (Å²) in [5, 5.41) is 3.66. The molecule has 2 aliphatic heterocycles. The van der Waals surface area contributed by atoms with E-state index in [0.29, 0.717) is 49.7 Å². The van der Waals surface area contributed by atoms with E-state index in [9.17, 15) is 13.8 Å². The maximum atomic E-state index is 14.8. The lowest BCUT2D eigenvalue weighted by Gasteiger charge is -2.46. The minimum atomic E-state index is -3.49. The van der Waals surface area contributed by atoms with Crippen LogP contribution in [0.5, 0.6) is 5.75 Å². The Bertz CT molecular complexity index is 1960. The molecule has 0 saturated heterocycles. The summed E-state index contributed by atoms with van der Waals surface area (Å²) >= 11 is 0. The average molecular weight is 728 g/mol. The molecule has 1 fully saturated rings. The van der Waals surface area contributed by atoms with Crippen LogP contribution in [-0.4, -0.2) is 64.0 Å². The quantitative estimate of drug-likeness (QED) is 0.283. The fourth-order valence-corrected chi connectivity index (χ4v) is 11.0. The molecule has 2 amide bonds. The molecule has 4 aliphatic rings. The minimum Gasteiger partial charge on any atom is -0.490 e. The van der Waals surface area contributed by atoms with E-state index in [-0.39, 0.29) is 17.9 Å². The number of fused-ring (bicyclic) bond motifs is 4. The number of rotatable bonds is 6. The minimum absolute atomic E-state index is 0.0320. The first-order valence-corrected chi connectivity index (χ1v) is 20.6. The zero-order valence-corrected chi connectivity index (χ0v) is 31.8. The lowest BCUT2D eigenvalue weighted by Crippen LogP contribution is -2.49. The van der Waals surface area contributed by atoms with E-state index in [1.165, 1.54) is 16.7 Å². The van der Waals surface area contributed by atoms with E-state index < -0.39 is 27.0 Å². The van der Waals surface area contributed by atoms with Gasteiger partial charge in [-0.15, -0.1) is 4.36 Å². The molecule has 7 rings (SSSR count). The van der Waals surface area contributed by atoms with Gasteiger partial charge in [-0.1, -0.05) is 42.8 Å². The van der Waals surface area contributed by atoms with E-state index in [1.54, 1.807) is 24.1 Å². The Morgan fingerprint density at radius 3 is 2.77 bits per heavy atom. The summed E-state index contributed by atoms with van der Waals surface area (Å²) in [6, 6.07) is 14.2. The summed E-state index contributed by atoms with van der Waals surface area (Å²) < 4.78 is 36.5. The third-order valence-electron chi connectivity index (χ3n) is 12.0. The van der Waals surface area contributed by atoms with Gasteiger partial charge < -0.3 is 14.4 Å². The van der Waals surface area contributed by atoms with Gasteiger partial charge in [0.25, 0.3) is 5.91 Å². The summed E-state index contributed by atoms with van der Waals surface area (Å²) in [6.07, 6.45) is 13.5. The monoisotopic (exact) mass is 727 g/mol. The molecule has 0 unspecified atom stereocenters. The predicted molar refractivity (Wildman–Crippen MR) is 204 cm³/mol. The zero-order valence-electron chi connectivity index (χ0n) is 31.0. The summed E-state index contributed by atoms with van der Waals surface area (Å²) in [6.45, 7) is 6.22. The highest BCUT2D eigenvalue weighted by atomic mass is 32.2. The number of hydrogen-bond donors (Lipinski definition) is 1. The van der Waals surface area contributed by atoms with E-state index in [1.807, 2.05) is 32.2 Å². The molecule has 1 N–H and O–H groups in total. The van der Waals surface area contributed by atoms with Gasteiger partial charge in [0.15, 0.2) is 0 Å². The molecule has 52 heavy (non-hydrogen) atoms. The molecule has 1 spiro atoms. The number of aryl methyl sites for hydroxylation is 4. The van der Waals surface area contributed by atoms with Crippen LogP contribution in [0.15, 0.2) is 65.2 Å². The van der Waals surface area contributed by atoms with Crippen molar-refractivity contribution in [3.63, 3.8) is 0 Å². The van der Waals surface area contributed by atoms with Crippen LogP contribution in [0.4, 0.5) is 5.69 Å². The molecular weight excluding hydrogens is 675 g/mol. The first-order valence-electron chi connectivity index (χ1n) is 19.0. The Morgan fingerprint density at radius 2 is 2.02 bits per heavy atom. The van der Waals surface area contributed by atoms with Gasteiger partial charge in [-0.3, -0.25) is 19.0 Å². The van der Waals surface area contributed by atoms with Crippen LogP contribution in [-0.2, 0) is 44.8 Å². The van der Waals surface area contributed by atoms with Crippen molar-refractivity contribution in [2.75, 3.05) is 31.7 Å². The number of ether oxygens (including phenoxy) is 2. The Hall–Kier alpha value is -3.96. The van der Waals surface area contributed by atoms with Crippen molar-refractivity contribution in [1.82, 2.24) is 14.5 Å². The maximum absolute atomic E-state index is 14.8. The Labute approximate surface area is 308 Å². The van der Waals surface area contributed by atoms with Crippen LogP contribution in [0.25, 0.3) is 0 Å². The molecule has 278 valence electrons. The maximum Gasteiger partial charge on any atom is 0.286 e. The molecule has 1 saturated carbocycles. The summed E-state index contributed by atoms with van der Waals surface area (Å²) in [5.41, 5.74) is 5.92. The molecule has 11 heteroatoms. The smallest absolute Gasteiger partial charge is 0.286 e. The number of nitrogens with zero attached hydrogens (tertiary/aromatic N) is 4. The molecule has 2 aliphatic carbocycles. The highest BCUT2D eigenvalue weighted by molar-refractivity contribution is 7.93. The largest absolute Gasteiger partial charge is 0.490 e. The number of hydrogen-bond acceptors (Lipinski definition) is 7. The van der Waals surface area contributed by atoms with Gasteiger partial charge >= 0.3 is 0 Å². The predicted octanol–water partition coefficient (Wildman–Crippen LogP) is 6.64. The molecule has 3 aromatic rings. The molecule has 1 aromatic heterocycles. The number of benzene rings is 2. The van der Waals surface area contributed by atoms with Crippen LogP contribution in [0, 0.1) is 18.8 Å². The molecular formula is C41H53N5O5S. The van der Waals surface area contributed by atoms with Crippen molar-refractivity contribution in [1.29, 1.82) is 0 Å². The number of methoxy groups -OCH3 is 1. The van der Waals surface area contributed by atoms with Gasteiger partial charge in [0.1, 0.15) is 15.7 Å². The first-order chi connectivity index (χ1) is 25.1. The van der Waals surface area contributed by atoms with Gasteiger partial charge in [0.2, 0.25) is 5.91 Å². The van der Waals surface area contributed by atoms with Crippen molar-refractivity contribution in [2.24, 2.45) is 23.2 Å². The highest BCUT2D eigenvalue weighted by Crippen LogP contribution is 2.47. The third-order valence-corrected chi connectivity index (χ3v) is 14.4. The number of amides is 2. The number of carbonyl (C=O) groups excluding carboxylic acids is 2. The van der Waals surface area contributed by atoms with Crippen LogP contribution in [0.2, 0.25) is 0 Å². The number of carbonyl (C=O) groups is 2. The fourth-order valence-electron chi connectivity index (χ4n) is 8.90. The number of anilines is 1. The first kappa shape index (κ1) is 36.4. The summed E-state index contributed by atoms with van der Waals surface area (Å²) in [4.78, 5) is 29.9. The molecule has 0 radical (unpaired) electrons. The van der Waals surface area contributed by atoms with Crippen LogP contribution in [0.1, 0.15) is 91.0 Å². The highest BCUT2D eigenvalue weighted by Gasteiger charge is 2.44. The number of aromatic nitrogens is 2. The molecule has 6 atom stereocenters. The van der Waals surface area contributed by atoms with Crippen molar-refractivity contribution < 1.29 is 23.3 Å². The number of nitrogens with one attached hydrogen (secondary N) is 1. The van der Waals surface area contributed by atoms with Crippen molar-refractivity contribution >= 4 is 27.4 Å². The molecule has 2 bridgehead atoms. The lowest BCUT2D eigenvalue weighted by atomic mass is 9.68. The van der Waals surface area contributed by atoms with E-state index in [0.717, 1.165) is 62.3 Å². The topological polar surface area (TPSA) is 115 Å². The average Bonchev–Trinajstić information content (AvgIpc) is 3.47. The van der Waals surface area contributed by atoms with Crippen molar-refractivity contribution in [2.45, 2.75) is 94.8 Å². The van der Waals surface area contributed by atoms with Gasteiger partial charge in [-0.25, -0.2) is 4.21 Å². The second kappa shape index (κ2) is 15.2. The van der Waals surface area contributed by atoms with Crippen LogP contribution < -0.4 is 14.4 Å². The Kier molecular flexibility index (Phi) is 10.6. The standard InChI is InChI=1S/C41H53N5O5S/c1-5-33-10-6-7-11-37(50-4)34-16-13-31(34)25-46-26-41(21-8-9-29-23-28(2)12-17-35(29)41)27-51-38-18-14-30(24-36(38)46)40(48)44-52(33,49)43-39(47)19-15-32-20-22-42-45(32)3/h7,11-12,14,17-18,20,22-24,31,33-34,37H,5-6,8-10,13,15-16,19,21,25-27H2,1-4H3,(H,43,44,47,48,49)/b11-7+/t31-,33+,34+,37-,41-,52-/m0/s1. The summed E-state index contributed by atoms with van der Waals surface area (Å²) in [5.74, 6) is 0.516. The normalized spacial score (nSPS) is 29.5. The van der Waals surface area contributed by atoms with Gasteiger partial charge in [0.05, 0.1) is 23.6 Å². The second-order valence-electron chi connectivity index (χ2n) is 15.3. The zero-order chi connectivity index (χ0) is 36.5. The van der Waals surface area contributed by atoms with Crippen molar-refractivity contribution in [3.05, 3.63) is 88.8 Å². The second-order valence-corrected chi connectivity index (χ2v) is 17.5. The van der Waals surface area contributed by atoms with E-state index >= 15 is 0 Å². The number of allylic oxidation sites excluding steroid dienone is 1. The lowest BCUT2D eigenvalue weighted by molar-refractivity contribution is -0.119. The van der Waals surface area contributed by atoms with Gasteiger partial charge in [0, 0.05) is 56.5 Å². The Morgan fingerprint density at radius 1 is 1.15 bits per heavy atom. The SMILES string of the molecule is CC[C@@H]1CC/C=C/[C@H](OC)[C@@H]2CC[C@H]2CN2C[C@@]3(CCCc4cc(C)ccc43)COc3ccc(cc32)C(=O)N=[S@@]1(=O)NC(=O)CCc1ccnn1C. The van der Waals surface area contributed by atoms with Gasteiger partial charge in [-0.05, 0) is 112 Å². The molecule has 2 aromatic carbocycles. The van der Waals surface area contributed by atoms with E-state index in [4.69, 9.17) is 9.47 Å².